The Kier molecular flexibility index (Phi) is 2.33. The number of rotatable bonds is 2. The Bertz CT molecular complexity index is 340. The van der Waals surface area contributed by atoms with Crippen molar-refractivity contribution in [2.24, 2.45) is 0 Å². The van der Waals surface area contributed by atoms with Crippen molar-refractivity contribution in [3.8, 4) is 0 Å². The molecule has 0 amide bonds. The predicted molar refractivity (Wildman–Crippen MR) is 61.3 cm³/mol. The van der Waals surface area contributed by atoms with Crippen LogP contribution in [0.3, 0.4) is 0 Å². The molecule has 80 valence electrons. The third-order valence-corrected chi connectivity index (χ3v) is 3.30. The van der Waals surface area contributed by atoms with Gasteiger partial charge in [-0.05, 0) is 30.4 Å². The largest absolute Gasteiger partial charge is 0.369 e. The molecular weight excluding hydrogens is 186 g/mol. The van der Waals surface area contributed by atoms with E-state index in [1.807, 2.05) is 6.20 Å². The van der Waals surface area contributed by atoms with E-state index in [-0.39, 0.29) is 0 Å². The van der Waals surface area contributed by atoms with Gasteiger partial charge in [0.05, 0.1) is 0 Å². The summed E-state index contributed by atoms with van der Waals surface area (Å²) in [4.78, 5) is 6.75. The maximum absolute atomic E-state index is 4.26. The molecular formula is C12H17N3. The Morgan fingerprint density at radius 2 is 2.07 bits per heavy atom. The monoisotopic (exact) mass is 203 g/mol. The van der Waals surface area contributed by atoms with Crippen LogP contribution in [-0.2, 0) is 0 Å². The number of piperazine rings is 1. The SMILES string of the molecule is c1cc(N2CCNCC2)c(C2CC2)cn1. The van der Waals surface area contributed by atoms with Crippen LogP contribution in [0.1, 0.15) is 24.3 Å². The summed E-state index contributed by atoms with van der Waals surface area (Å²) in [5.74, 6) is 0.795. The number of aromatic nitrogens is 1. The molecule has 1 saturated carbocycles. The van der Waals surface area contributed by atoms with E-state index in [1.54, 1.807) is 0 Å². The van der Waals surface area contributed by atoms with Crippen molar-refractivity contribution in [1.82, 2.24) is 10.3 Å². The molecule has 0 radical (unpaired) electrons. The third kappa shape index (κ3) is 1.84. The lowest BCUT2D eigenvalue weighted by atomic mass is 10.1. The van der Waals surface area contributed by atoms with Gasteiger partial charge in [0, 0.05) is 44.3 Å². The van der Waals surface area contributed by atoms with Gasteiger partial charge < -0.3 is 10.2 Å². The van der Waals surface area contributed by atoms with Crippen LogP contribution >= 0.6 is 0 Å². The molecule has 3 heteroatoms. The first-order valence-corrected chi connectivity index (χ1v) is 5.85. The smallest absolute Gasteiger partial charge is 0.0433 e. The molecule has 15 heavy (non-hydrogen) atoms. The molecule has 1 aromatic rings. The Labute approximate surface area is 90.5 Å². The van der Waals surface area contributed by atoms with Gasteiger partial charge in [-0.25, -0.2) is 0 Å². The number of hydrogen-bond acceptors (Lipinski definition) is 3. The standard InChI is InChI=1S/C12H17N3/c1-2-10(1)11-9-14-4-3-12(11)15-7-5-13-6-8-15/h3-4,9-10,13H,1-2,5-8H2. The fourth-order valence-electron chi connectivity index (χ4n) is 2.30. The summed E-state index contributed by atoms with van der Waals surface area (Å²) in [5.41, 5.74) is 2.90. The van der Waals surface area contributed by atoms with Gasteiger partial charge in [0.1, 0.15) is 0 Å². The molecule has 1 N–H and O–H groups in total. The normalized spacial score (nSPS) is 21.7. The minimum absolute atomic E-state index is 0.795. The first kappa shape index (κ1) is 9.16. The quantitative estimate of drug-likeness (QED) is 0.787. The van der Waals surface area contributed by atoms with Gasteiger partial charge in [0.15, 0.2) is 0 Å². The van der Waals surface area contributed by atoms with E-state index in [0.29, 0.717) is 0 Å². The highest BCUT2D eigenvalue weighted by molar-refractivity contribution is 5.55. The summed E-state index contributed by atoms with van der Waals surface area (Å²) in [6.45, 7) is 4.46. The highest BCUT2D eigenvalue weighted by Gasteiger charge is 2.28. The molecule has 1 aromatic heterocycles. The lowest BCUT2D eigenvalue weighted by Crippen LogP contribution is -2.43. The van der Waals surface area contributed by atoms with Crippen molar-refractivity contribution >= 4 is 5.69 Å². The Balaban J connectivity index is 1.88. The van der Waals surface area contributed by atoms with Crippen LogP contribution in [0.5, 0.6) is 0 Å². The molecule has 0 aromatic carbocycles. The van der Waals surface area contributed by atoms with Crippen LogP contribution in [-0.4, -0.2) is 31.2 Å². The Morgan fingerprint density at radius 1 is 1.27 bits per heavy atom. The zero-order valence-corrected chi connectivity index (χ0v) is 8.95. The van der Waals surface area contributed by atoms with Gasteiger partial charge in [-0.1, -0.05) is 0 Å². The first-order valence-electron chi connectivity index (χ1n) is 5.85. The predicted octanol–water partition coefficient (Wildman–Crippen LogP) is 1.37. The molecule has 2 fully saturated rings. The van der Waals surface area contributed by atoms with Crippen LogP contribution in [0.25, 0.3) is 0 Å². The molecule has 0 spiro atoms. The third-order valence-electron chi connectivity index (χ3n) is 3.30. The molecule has 2 aliphatic rings. The molecule has 0 unspecified atom stereocenters. The van der Waals surface area contributed by atoms with Gasteiger partial charge in [-0.15, -0.1) is 0 Å². The summed E-state index contributed by atoms with van der Waals surface area (Å²) in [6, 6.07) is 2.18. The van der Waals surface area contributed by atoms with Crippen LogP contribution in [0, 0.1) is 0 Å². The van der Waals surface area contributed by atoms with Crippen LogP contribution in [0.2, 0.25) is 0 Å². The summed E-state index contributed by atoms with van der Waals surface area (Å²) in [7, 11) is 0. The van der Waals surface area contributed by atoms with Gasteiger partial charge in [0.2, 0.25) is 0 Å². The van der Waals surface area contributed by atoms with E-state index in [1.165, 1.54) is 24.1 Å². The molecule has 1 aliphatic carbocycles. The summed E-state index contributed by atoms with van der Waals surface area (Å²) in [6.07, 6.45) is 6.69. The second-order valence-corrected chi connectivity index (χ2v) is 4.45. The van der Waals surface area contributed by atoms with Crippen LogP contribution in [0.15, 0.2) is 18.5 Å². The Morgan fingerprint density at radius 3 is 2.80 bits per heavy atom. The topological polar surface area (TPSA) is 28.2 Å². The summed E-state index contributed by atoms with van der Waals surface area (Å²) < 4.78 is 0. The van der Waals surface area contributed by atoms with Gasteiger partial charge in [0.25, 0.3) is 0 Å². The first-order chi connectivity index (χ1) is 7.45. The van der Waals surface area contributed by atoms with E-state index in [9.17, 15) is 0 Å². The lowest BCUT2D eigenvalue weighted by molar-refractivity contribution is 0.587. The molecule has 2 heterocycles. The number of hydrogen-bond donors (Lipinski definition) is 1. The van der Waals surface area contributed by atoms with E-state index < -0.39 is 0 Å². The van der Waals surface area contributed by atoms with Crippen molar-refractivity contribution in [2.75, 3.05) is 31.1 Å². The van der Waals surface area contributed by atoms with Gasteiger partial charge >= 0.3 is 0 Å². The van der Waals surface area contributed by atoms with Gasteiger partial charge in [-0.3, -0.25) is 4.98 Å². The second-order valence-electron chi connectivity index (χ2n) is 4.45. The summed E-state index contributed by atoms with van der Waals surface area (Å²) in [5, 5.41) is 3.39. The number of nitrogens with one attached hydrogen (secondary N) is 1. The molecule has 3 rings (SSSR count). The van der Waals surface area contributed by atoms with Crippen molar-refractivity contribution in [2.45, 2.75) is 18.8 Å². The second kappa shape index (κ2) is 3.81. The average Bonchev–Trinajstić information content (AvgIpc) is 3.14. The van der Waals surface area contributed by atoms with Crippen molar-refractivity contribution in [3.05, 3.63) is 24.0 Å². The highest BCUT2D eigenvalue weighted by atomic mass is 15.2. The zero-order valence-electron chi connectivity index (χ0n) is 8.95. The van der Waals surface area contributed by atoms with E-state index in [4.69, 9.17) is 0 Å². The Hall–Kier alpha value is -1.09. The fourth-order valence-corrected chi connectivity index (χ4v) is 2.30. The minimum atomic E-state index is 0.795. The average molecular weight is 203 g/mol. The zero-order chi connectivity index (χ0) is 10.1. The molecule has 1 saturated heterocycles. The molecule has 0 bridgehead atoms. The maximum atomic E-state index is 4.26. The number of pyridine rings is 1. The minimum Gasteiger partial charge on any atom is -0.369 e. The van der Waals surface area contributed by atoms with Crippen LogP contribution in [0.4, 0.5) is 5.69 Å². The van der Waals surface area contributed by atoms with E-state index >= 15 is 0 Å². The van der Waals surface area contributed by atoms with Crippen molar-refractivity contribution in [3.63, 3.8) is 0 Å². The van der Waals surface area contributed by atoms with E-state index in [0.717, 1.165) is 32.1 Å². The van der Waals surface area contributed by atoms with Crippen molar-refractivity contribution in [1.29, 1.82) is 0 Å². The molecule has 0 atom stereocenters. The van der Waals surface area contributed by atoms with Crippen LogP contribution < -0.4 is 10.2 Å². The van der Waals surface area contributed by atoms with Crippen molar-refractivity contribution < 1.29 is 0 Å². The lowest BCUT2D eigenvalue weighted by Gasteiger charge is -2.31. The maximum Gasteiger partial charge on any atom is 0.0433 e. The molecule has 1 aliphatic heterocycles. The number of nitrogens with zero attached hydrogens (tertiary/aromatic N) is 2. The van der Waals surface area contributed by atoms with E-state index in [2.05, 4.69) is 27.5 Å². The van der Waals surface area contributed by atoms with Gasteiger partial charge in [-0.2, -0.15) is 0 Å². The molecule has 3 nitrogen and oxygen atoms in total. The number of anilines is 1. The fraction of sp³-hybridized carbons (Fsp3) is 0.583. The summed E-state index contributed by atoms with van der Waals surface area (Å²) >= 11 is 0. The highest BCUT2D eigenvalue weighted by Crippen LogP contribution is 2.43.